The van der Waals surface area contributed by atoms with Crippen molar-refractivity contribution in [3.63, 3.8) is 0 Å². The molecule has 3 N–H and O–H groups in total. The third-order valence-electron chi connectivity index (χ3n) is 1.99. The van der Waals surface area contributed by atoms with Gasteiger partial charge in [0.25, 0.3) is 0 Å². The zero-order valence-electron chi connectivity index (χ0n) is 6.88. The molecular weight excluding hydrogens is 232 g/mol. The predicted octanol–water partition coefficient (Wildman–Crippen LogP) is 2.32. The van der Waals surface area contributed by atoms with Crippen molar-refractivity contribution in [2.45, 2.75) is 6.61 Å². The Hall–Kier alpha value is -0.840. The number of H-pyrrole nitrogens is 1. The van der Waals surface area contributed by atoms with Crippen LogP contribution in [0.2, 0.25) is 0 Å². The molecule has 0 aliphatic heterocycles. The van der Waals surface area contributed by atoms with Gasteiger partial charge in [0, 0.05) is 21.6 Å². The van der Waals surface area contributed by atoms with Gasteiger partial charge in [-0.25, -0.2) is 5.90 Å². The summed E-state index contributed by atoms with van der Waals surface area (Å²) in [5.74, 6) is 5.02. The molecule has 0 saturated heterocycles. The van der Waals surface area contributed by atoms with E-state index in [9.17, 15) is 0 Å². The van der Waals surface area contributed by atoms with Gasteiger partial charge in [0.2, 0.25) is 0 Å². The maximum Gasteiger partial charge on any atom is 0.0950 e. The first-order valence-electron chi connectivity index (χ1n) is 3.89. The lowest BCUT2D eigenvalue weighted by molar-refractivity contribution is 0.125. The zero-order valence-corrected chi connectivity index (χ0v) is 8.47. The van der Waals surface area contributed by atoms with Crippen LogP contribution in [0.5, 0.6) is 0 Å². The van der Waals surface area contributed by atoms with Crippen LogP contribution in [0.3, 0.4) is 0 Å². The molecule has 0 saturated carbocycles. The van der Waals surface area contributed by atoms with Crippen LogP contribution in [0.15, 0.2) is 28.9 Å². The summed E-state index contributed by atoms with van der Waals surface area (Å²) in [6, 6.07) is 6.01. The number of nitrogens with one attached hydrogen (secondary N) is 1. The summed E-state index contributed by atoms with van der Waals surface area (Å²) in [4.78, 5) is 7.76. The van der Waals surface area contributed by atoms with Crippen LogP contribution < -0.4 is 5.90 Å². The molecule has 4 heteroatoms. The second-order valence-corrected chi connectivity index (χ2v) is 3.64. The summed E-state index contributed by atoms with van der Waals surface area (Å²) in [7, 11) is 0. The van der Waals surface area contributed by atoms with E-state index in [1.54, 1.807) is 0 Å². The molecule has 0 aliphatic carbocycles. The van der Waals surface area contributed by atoms with Crippen LogP contribution in [0.4, 0.5) is 0 Å². The highest BCUT2D eigenvalue weighted by atomic mass is 79.9. The van der Waals surface area contributed by atoms with Gasteiger partial charge in [0.15, 0.2) is 0 Å². The summed E-state index contributed by atoms with van der Waals surface area (Å²) < 4.78 is 1.05. The van der Waals surface area contributed by atoms with Gasteiger partial charge in [-0.15, -0.1) is 0 Å². The Morgan fingerprint density at radius 2 is 2.31 bits per heavy atom. The number of hydrogen-bond donors (Lipinski definition) is 2. The van der Waals surface area contributed by atoms with Gasteiger partial charge in [0.05, 0.1) is 12.1 Å². The van der Waals surface area contributed by atoms with Gasteiger partial charge in [-0.05, 0) is 22.0 Å². The SMILES string of the molecule is NOCc1c[nH]c2c(Br)cccc12. The Labute approximate surface area is 84.0 Å². The van der Waals surface area contributed by atoms with Crippen LogP contribution >= 0.6 is 15.9 Å². The smallest absolute Gasteiger partial charge is 0.0950 e. The Morgan fingerprint density at radius 3 is 3.08 bits per heavy atom. The highest BCUT2D eigenvalue weighted by Gasteiger charge is 2.04. The van der Waals surface area contributed by atoms with Gasteiger partial charge < -0.3 is 4.98 Å². The fourth-order valence-electron chi connectivity index (χ4n) is 1.38. The molecule has 0 fully saturated rings. The number of aromatic amines is 1. The summed E-state index contributed by atoms with van der Waals surface area (Å²) in [6.45, 7) is 0.427. The van der Waals surface area contributed by atoms with Crippen molar-refractivity contribution in [2.75, 3.05) is 0 Å². The van der Waals surface area contributed by atoms with Crippen molar-refractivity contribution < 1.29 is 4.84 Å². The first-order chi connectivity index (χ1) is 6.33. The van der Waals surface area contributed by atoms with Crippen LogP contribution in [-0.2, 0) is 11.4 Å². The number of nitrogens with two attached hydrogens (primary N) is 1. The van der Waals surface area contributed by atoms with Crippen molar-refractivity contribution in [3.8, 4) is 0 Å². The highest BCUT2D eigenvalue weighted by Crippen LogP contribution is 2.25. The van der Waals surface area contributed by atoms with Crippen molar-refractivity contribution >= 4 is 26.8 Å². The number of benzene rings is 1. The largest absolute Gasteiger partial charge is 0.360 e. The molecule has 2 rings (SSSR count). The minimum Gasteiger partial charge on any atom is -0.360 e. The van der Waals surface area contributed by atoms with E-state index in [1.165, 1.54) is 0 Å². The summed E-state index contributed by atoms with van der Waals surface area (Å²) in [5, 5.41) is 1.14. The predicted molar refractivity (Wildman–Crippen MR) is 55.0 cm³/mol. The number of para-hydroxylation sites is 1. The van der Waals surface area contributed by atoms with Crippen molar-refractivity contribution in [1.29, 1.82) is 0 Å². The van der Waals surface area contributed by atoms with Crippen molar-refractivity contribution in [3.05, 3.63) is 34.4 Å². The first kappa shape index (κ1) is 8.74. The number of halogens is 1. The molecule has 0 spiro atoms. The van der Waals surface area contributed by atoms with Gasteiger partial charge in [-0.3, -0.25) is 4.84 Å². The van der Waals surface area contributed by atoms with E-state index >= 15 is 0 Å². The lowest BCUT2D eigenvalue weighted by atomic mass is 10.2. The molecule has 1 aromatic carbocycles. The molecule has 0 amide bonds. The Balaban J connectivity index is 2.61. The van der Waals surface area contributed by atoms with E-state index in [0.717, 1.165) is 20.9 Å². The molecule has 0 unspecified atom stereocenters. The lowest BCUT2D eigenvalue weighted by Crippen LogP contribution is -1.97. The molecule has 68 valence electrons. The average molecular weight is 241 g/mol. The molecule has 0 bridgehead atoms. The summed E-state index contributed by atoms with van der Waals surface area (Å²) in [5.41, 5.74) is 2.15. The average Bonchev–Trinajstić information content (AvgIpc) is 2.51. The first-order valence-corrected chi connectivity index (χ1v) is 4.68. The van der Waals surface area contributed by atoms with Gasteiger partial charge >= 0.3 is 0 Å². The third-order valence-corrected chi connectivity index (χ3v) is 2.65. The van der Waals surface area contributed by atoms with Crippen molar-refractivity contribution in [2.24, 2.45) is 5.90 Å². The summed E-state index contributed by atoms with van der Waals surface area (Å²) >= 11 is 3.46. The number of fused-ring (bicyclic) bond motifs is 1. The Bertz CT molecular complexity index is 424. The normalized spacial score (nSPS) is 10.9. The van der Waals surface area contributed by atoms with E-state index in [4.69, 9.17) is 5.90 Å². The quantitative estimate of drug-likeness (QED) is 0.792. The van der Waals surface area contributed by atoms with Crippen LogP contribution in [0, 0.1) is 0 Å². The molecule has 2 aromatic rings. The number of aromatic nitrogens is 1. The highest BCUT2D eigenvalue weighted by molar-refractivity contribution is 9.10. The summed E-state index contributed by atoms with van der Waals surface area (Å²) in [6.07, 6.45) is 1.91. The van der Waals surface area contributed by atoms with Gasteiger partial charge in [-0.2, -0.15) is 0 Å². The molecule has 13 heavy (non-hydrogen) atoms. The van der Waals surface area contributed by atoms with Crippen LogP contribution in [0.25, 0.3) is 10.9 Å². The van der Waals surface area contributed by atoms with E-state index in [1.807, 2.05) is 24.4 Å². The Morgan fingerprint density at radius 1 is 1.46 bits per heavy atom. The maximum atomic E-state index is 5.02. The standard InChI is InChI=1S/C9H9BrN2O/c10-8-3-1-2-7-6(5-13-11)4-12-9(7)8/h1-4,12H,5,11H2. The second-order valence-electron chi connectivity index (χ2n) is 2.79. The molecule has 1 heterocycles. The molecular formula is C9H9BrN2O. The third kappa shape index (κ3) is 1.48. The van der Waals surface area contributed by atoms with E-state index < -0.39 is 0 Å². The zero-order chi connectivity index (χ0) is 9.26. The molecule has 0 atom stereocenters. The molecule has 3 nitrogen and oxygen atoms in total. The maximum absolute atomic E-state index is 5.02. The van der Waals surface area contributed by atoms with Gasteiger partial charge in [-0.1, -0.05) is 12.1 Å². The number of hydrogen-bond acceptors (Lipinski definition) is 2. The second kappa shape index (κ2) is 3.49. The fraction of sp³-hybridized carbons (Fsp3) is 0.111. The minimum atomic E-state index is 0.427. The molecule has 0 radical (unpaired) electrons. The molecule has 0 aliphatic rings. The van der Waals surface area contributed by atoms with E-state index in [0.29, 0.717) is 6.61 Å². The van der Waals surface area contributed by atoms with Crippen LogP contribution in [0.1, 0.15) is 5.56 Å². The van der Waals surface area contributed by atoms with Gasteiger partial charge in [0.1, 0.15) is 0 Å². The topological polar surface area (TPSA) is 51.0 Å². The fourth-order valence-corrected chi connectivity index (χ4v) is 1.87. The Kier molecular flexibility index (Phi) is 2.35. The van der Waals surface area contributed by atoms with Crippen molar-refractivity contribution in [1.82, 2.24) is 4.98 Å². The lowest BCUT2D eigenvalue weighted by Gasteiger charge is -1.96. The number of rotatable bonds is 2. The minimum absolute atomic E-state index is 0.427. The van der Waals surface area contributed by atoms with E-state index in [2.05, 4.69) is 25.8 Å². The molecule has 1 aromatic heterocycles. The van der Waals surface area contributed by atoms with Crippen LogP contribution in [-0.4, -0.2) is 4.98 Å². The monoisotopic (exact) mass is 240 g/mol. The van der Waals surface area contributed by atoms with E-state index in [-0.39, 0.29) is 0 Å².